The number of fused-ring (bicyclic) bond motifs is 1. The molecule has 0 fully saturated rings. The fourth-order valence-corrected chi connectivity index (χ4v) is 3.37. The molecule has 162 valence electrons. The molecule has 0 aliphatic carbocycles. The van der Waals surface area contributed by atoms with Crippen molar-refractivity contribution in [1.82, 2.24) is 0 Å². The average Bonchev–Trinajstić information content (AvgIpc) is 2.84. The summed E-state index contributed by atoms with van der Waals surface area (Å²) in [6.07, 6.45) is 0. The zero-order chi connectivity index (χ0) is 21.1. The summed E-state index contributed by atoms with van der Waals surface area (Å²) in [5.41, 5.74) is 4.60. The Balaban J connectivity index is 1.49. The number of rotatable bonds is 2. The lowest BCUT2D eigenvalue weighted by Crippen LogP contribution is -2.13. The maximum absolute atomic E-state index is 5.99. The van der Waals surface area contributed by atoms with E-state index in [1.807, 2.05) is 18.2 Å². The number of benzene rings is 3. The standard InChI is InChI=1S/C26H28O5/c1-2-4-21(5-3-1)22-6-8-23(9-7-22)24-10-11-25-26(20-24)31-19-17-29-15-13-27-12-14-28-16-18-30-25/h1-11,20H,12-19H2. The van der Waals surface area contributed by atoms with Gasteiger partial charge in [0.25, 0.3) is 0 Å². The van der Waals surface area contributed by atoms with Gasteiger partial charge in [0.05, 0.1) is 39.6 Å². The van der Waals surface area contributed by atoms with Gasteiger partial charge in [0, 0.05) is 0 Å². The van der Waals surface area contributed by atoms with Crippen LogP contribution in [0.5, 0.6) is 11.5 Å². The van der Waals surface area contributed by atoms with E-state index >= 15 is 0 Å². The normalized spacial score (nSPS) is 16.1. The Bertz CT molecular complexity index is 924. The molecule has 5 heteroatoms. The van der Waals surface area contributed by atoms with Crippen molar-refractivity contribution < 1.29 is 23.7 Å². The molecule has 4 rings (SSSR count). The zero-order valence-electron chi connectivity index (χ0n) is 17.6. The van der Waals surface area contributed by atoms with E-state index in [-0.39, 0.29) is 0 Å². The molecule has 0 aromatic heterocycles. The van der Waals surface area contributed by atoms with Gasteiger partial charge in [-0.2, -0.15) is 0 Å². The second-order valence-corrected chi connectivity index (χ2v) is 7.14. The van der Waals surface area contributed by atoms with Gasteiger partial charge in [-0.15, -0.1) is 0 Å². The van der Waals surface area contributed by atoms with Crippen LogP contribution in [-0.2, 0) is 14.2 Å². The van der Waals surface area contributed by atoms with E-state index < -0.39 is 0 Å². The maximum Gasteiger partial charge on any atom is 0.161 e. The van der Waals surface area contributed by atoms with Crippen molar-refractivity contribution in [3.05, 3.63) is 72.8 Å². The van der Waals surface area contributed by atoms with Gasteiger partial charge < -0.3 is 23.7 Å². The first-order chi connectivity index (χ1) is 15.4. The van der Waals surface area contributed by atoms with Gasteiger partial charge in [-0.1, -0.05) is 60.7 Å². The molecule has 0 N–H and O–H groups in total. The monoisotopic (exact) mass is 420 g/mol. The first-order valence-electron chi connectivity index (χ1n) is 10.7. The van der Waals surface area contributed by atoms with Crippen molar-refractivity contribution >= 4 is 0 Å². The highest BCUT2D eigenvalue weighted by Gasteiger charge is 2.10. The molecule has 1 aliphatic heterocycles. The highest BCUT2D eigenvalue weighted by Crippen LogP contribution is 2.33. The third-order valence-corrected chi connectivity index (χ3v) is 4.98. The molecule has 3 aromatic carbocycles. The van der Waals surface area contributed by atoms with Crippen molar-refractivity contribution in [2.45, 2.75) is 0 Å². The van der Waals surface area contributed by atoms with E-state index in [0.29, 0.717) is 64.4 Å². The summed E-state index contributed by atoms with van der Waals surface area (Å²) in [6, 6.07) is 25.0. The Morgan fingerprint density at radius 2 is 0.839 bits per heavy atom. The molecule has 0 saturated carbocycles. The van der Waals surface area contributed by atoms with Gasteiger partial charge >= 0.3 is 0 Å². The molecule has 0 spiro atoms. The molecule has 31 heavy (non-hydrogen) atoms. The van der Waals surface area contributed by atoms with Gasteiger partial charge in [0.1, 0.15) is 13.2 Å². The van der Waals surface area contributed by atoms with Crippen molar-refractivity contribution in [2.24, 2.45) is 0 Å². The topological polar surface area (TPSA) is 46.2 Å². The fraction of sp³-hybridized carbons (Fsp3) is 0.308. The van der Waals surface area contributed by atoms with Crippen molar-refractivity contribution in [3.8, 4) is 33.8 Å². The van der Waals surface area contributed by atoms with Crippen LogP contribution >= 0.6 is 0 Å². The second-order valence-electron chi connectivity index (χ2n) is 7.14. The van der Waals surface area contributed by atoms with Gasteiger partial charge in [-0.05, 0) is 34.4 Å². The Hall–Kier alpha value is -2.86. The van der Waals surface area contributed by atoms with Crippen LogP contribution in [0.3, 0.4) is 0 Å². The Kier molecular flexibility index (Phi) is 7.94. The molecular weight excluding hydrogens is 392 g/mol. The quantitative estimate of drug-likeness (QED) is 0.594. The van der Waals surface area contributed by atoms with Crippen LogP contribution in [0.1, 0.15) is 0 Å². The van der Waals surface area contributed by atoms with Gasteiger partial charge in [0.15, 0.2) is 11.5 Å². The summed E-state index contributed by atoms with van der Waals surface area (Å²) in [5, 5.41) is 0. The molecule has 0 bridgehead atoms. The summed E-state index contributed by atoms with van der Waals surface area (Å²) in [5.74, 6) is 1.42. The molecule has 5 nitrogen and oxygen atoms in total. The van der Waals surface area contributed by atoms with Crippen LogP contribution in [0.15, 0.2) is 72.8 Å². The van der Waals surface area contributed by atoms with E-state index in [1.54, 1.807) is 0 Å². The van der Waals surface area contributed by atoms with Crippen LogP contribution in [-0.4, -0.2) is 52.9 Å². The molecule has 0 unspecified atom stereocenters. The minimum absolute atomic E-state index is 0.448. The van der Waals surface area contributed by atoms with Crippen molar-refractivity contribution in [2.75, 3.05) is 52.9 Å². The van der Waals surface area contributed by atoms with Gasteiger partial charge in [0.2, 0.25) is 0 Å². The lowest BCUT2D eigenvalue weighted by atomic mass is 10.00. The highest BCUT2D eigenvalue weighted by molar-refractivity contribution is 5.72. The molecule has 0 radical (unpaired) electrons. The summed E-state index contributed by atoms with van der Waals surface area (Å²) in [7, 11) is 0. The van der Waals surface area contributed by atoms with E-state index in [4.69, 9.17) is 23.7 Å². The lowest BCUT2D eigenvalue weighted by Gasteiger charge is -2.15. The average molecular weight is 421 g/mol. The maximum atomic E-state index is 5.99. The first kappa shape index (κ1) is 21.4. The molecule has 3 aromatic rings. The summed E-state index contributed by atoms with van der Waals surface area (Å²) < 4.78 is 28.4. The van der Waals surface area contributed by atoms with Gasteiger partial charge in [-0.25, -0.2) is 0 Å². The van der Waals surface area contributed by atoms with E-state index in [0.717, 1.165) is 11.1 Å². The van der Waals surface area contributed by atoms with Crippen LogP contribution in [0, 0.1) is 0 Å². The van der Waals surface area contributed by atoms with Gasteiger partial charge in [-0.3, -0.25) is 0 Å². The molecule has 1 aliphatic rings. The summed E-state index contributed by atoms with van der Waals surface area (Å²) in [4.78, 5) is 0. The molecule has 1 heterocycles. The zero-order valence-corrected chi connectivity index (χ0v) is 17.6. The predicted octanol–water partition coefficient (Wildman–Crippen LogP) is 4.84. The van der Waals surface area contributed by atoms with Crippen LogP contribution in [0.4, 0.5) is 0 Å². The van der Waals surface area contributed by atoms with E-state index in [1.165, 1.54) is 11.1 Å². The number of hydrogen-bond donors (Lipinski definition) is 0. The third-order valence-electron chi connectivity index (χ3n) is 4.98. The molecule has 0 atom stereocenters. The smallest absolute Gasteiger partial charge is 0.161 e. The third kappa shape index (κ3) is 6.31. The second kappa shape index (κ2) is 11.5. The molecule has 0 saturated heterocycles. The first-order valence-corrected chi connectivity index (χ1v) is 10.7. The lowest BCUT2D eigenvalue weighted by molar-refractivity contribution is 0.00708. The predicted molar refractivity (Wildman–Crippen MR) is 121 cm³/mol. The minimum Gasteiger partial charge on any atom is -0.487 e. The Labute approximate surface area is 183 Å². The molecular formula is C26H28O5. The van der Waals surface area contributed by atoms with Crippen LogP contribution in [0.2, 0.25) is 0 Å². The summed E-state index contributed by atoms with van der Waals surface area (Å²) >= 11 is 0. The number of ether oxygens (including phenoxy) is 5. The SMILES string of the molecule is c1ccc(-c2ccc(-c3ccc4c(c3)OCCOCCOCCOCCO4)cc2)cc1. The Morgan fingerprint density at radius 1 is 0.387 bits per heavy atom. The van der Waals surface area contributed by atoms with Crippen molar-refractivity contribution in [3.63, 3.8) is 0 Å². The van der Waals surface area contributed by atoms with E-state index in [2.05, 4.69) is 54.6 Å². The van der Waals surface area contributed by atoms with Crippen molar-refractivity contribution in [1.29, 1.82) is 0 Å². The largest absolute Gasteiger partial charge is 0.487 e. The summed E-state index contributed by atoms with van der Waals surface area (Å²) in [6.45, 7) is 4.10. The Morgan fingerprint density at radius 3 is 1.45 bits per heavy atom. The van der Waals surface area contributed by atoms with E-state index in [9.17, 15) is 0 Å². The highest BCUT2D eigenvalue weighted by atomic mass is 16.6. The molecule has 0 amide bonds. The fourth-order valence-electron chi connectivity index (χ4n) is 3.37. The van der Waals surface area contributed by atoms with Crippen LogP contribution < -0.4 is 9.47 Å². The van der Waals surface area contributed by atoms with Crippen LogP contribution in [0.25, 0.3) is 22.3 Å². The number of hydrogen-bond acceptors (Lipinski definition) is 5. The minimum atomic E-state index is 0.448.